The summed E-state index contributed by atoms with van der Waals surface area (Å²) in [6.45, 7) is 3.48. The van der Waals surface area contributed by atoms with Crippen LogP contribution < -0.4 is 15.7 Å². The lowest BCUT2D eigenvalue weighted by Gasteiger charge is -2.12. The lowest BCUT2D eigenvalue weighted by Crippen LogP contribution is -2.36. The lowest BCUT2D eigenvalue weighted by molar-refractivity contribution is -0.119. The molecule has 6 nitrogen and oxygen atoms in total. The largest absolute Gasteiger partial charge is 0.481 e. The van der Waals surface area contributed by atoms with Gasteiger partial charge in [-0.25, -0.2) is 0 Å². The summed E-state index contributed by atoms with van der Waals surface area (Å²) in [5, 5.41) is 1.20. The molecule has 148 valence electrons. The van der Waals surface area contributed by atoms with Gasteiger partial charge < -0.3 is 9.72 Å². The number of carbonyl (C=O) groups is 1. The van der Waals surface area contributed by atoms with E-state index in [9.17, 15) is 9.59 Å². The average molecular weight is 479 g/mol. The van der Waals surface area contributed by atoms with Crippen molar-refractivity contribution in [3.05, 3.63) is 52.8 Å². The minimum absolute atomic E-state index is 0.0808. The number of rotatable bonds is 5. The molecule has 0 bridgehead atoms. The topological polar surface area (TPSA) is 76.1 Å². The summed E-state index contributed by atoms with van der Waals surface area (Å²) < 4.78 is 6.46. The molecule has 0 saturated heterocycles. The highest BCUT2D eigenvalue weighted by molar-refractivity contribution is 7.71. The Labute approximate surface area is 184 Å². The molecule has 0 aliphatic carbocycles. The van der Waals surface area contributed by atoms with Gasteiger partial charge in [0, 0.05) is 9.90 Å². The van der Waals surface area contributed by atoms with Crippen molar-refractivity contribution in [1.29, 1.82) is 0 Å². The van der Waals surface area contributed by atoms with Gasteiger partial charge in [0.05, 0.1) is 15.4 Å². The predicted molar refractivity (Wildman–Crippen MR) is 117 cm³/mol. The van der Waals surface area contributed by atoms with E-state index in [4.69, 9.17) is 51.8 Å². The predicted octanol–water partition coefficient (Wildman–Crippen LogP) is 5.10. The minimum Gasteiger partial charge on any atom is -0.481 e. The third kappa shape index (κ3) is 4.06. The van der Waals surface area contributed by atoms with E-state index < -0.39 is 18.1 Å². The van der Waals surface area contributed by atoms with Gasteiger partial charge in [-0.1, -0.05) is 41.7 Å². The van der Waals surface area contributed by atoms with E-state index in [-0.39, 0.29) is 20.6 Å². The van der Waals surface area contributed by atoms with E-state index >= 15 is 0 Å². The summed E-state index contributed by atoms with van der Waals surface area (Å²) >= 11 is 24.6. The fourth-order valence-corrected chi connectivity index (χ4v) is 5.10. The van der Waals surface area contributed by atoms with Crippen LogP contribution >= 0.6 is 58.4 Å². The highest BCUT2D eigenvalue weighted by Crippen LogP contribution is 2.35. The SMILES string of the molecule is CCc1c(C)sc2[nH]c(=S)n(NC(=O)COc3c(Cl)cc(Cl)cc3Cl)c(=O)c12. The van der Waals surface area contributed by atoms with E-state index in [1.807, 2.05) is 13.8 Å². The fraction of sp³-hybridized carbons (Fsp3) is 0.235. The number of thiophene rings is 1. The van der Waals surface area contributed by atoms with Crippen LogP contribution in [-0.4, -0.2) is 22.2 Å². The summed E-state index contributed by atoms with van der Waals surface area (Å²) in [5.74, 6) is -0.481. The second kappa shape index (κ2) is 8.42. The molecule has 1 amide bonds. The molecule has 0 radical (unpaired) electrons. The number of H-pyrrole nitrogens is 1. The number of nitrogens with one attached hydrogen (secondary N) is 2. The van der Waals surface area contributed by atoms with Crippen molar-refractivity contribution in [3.8, 4) is 5.75 Å². The number of hydrogen-bond donors (Lipinski definition) is 2. The molecule has 0 spiro atoms. The number of nitrogens with zero attached hydrogens (tertiary/aromatic N) is 1. The Morgan fingerprint density at radius 1 is 1.32 bits per heavy atom. The molecule has 0 atom stereocenters. The summed E-state index contributed by atoms with van der Waals surface area (Å²) in [4.78, 5) is 29.9. The van der Waals surface area contributed by atoms with Crippen molar-refractivity contribution in [2.24, 2.45) is 0 Å². The summed E-state index contributed by atoms with van der Waals surface area (Å²) in [6, 6.07) is 2.89. The molecule has 0 aliphatic rings. The fourth-order valence-electron chi connectivity index (χ4n) is 2.74. The first-order chi connectivity index (χ1) is 13.2. The van der Waals surface area contributed by atoms with E-state index in [0.717, 1.165) is 15.1 Å². The number of carbonyl (C=O) groups excluding carboxylic acids is 1. The zero-order valence-electron chi connectivity index (χ0n) is 14.7. The Kier molecular flexibility index (Phi) is 6.36. The number of benzene rings is 1. The Bertz CT molecular complexity index is 1180. The van der Waals surface area contributed by atoms with E-state index in [1.165, 1.54) is 23.5 Å². The Hall–Kier alpha value is -1.58. The molecule has 0 unspecified atom stereocenters. The van der Waals surface area contributed by atoms with Gasteiger partial charge in [0.25, 0.3) is 11.5 Å². The van der Waals surface area contributed by atoms with E-state index in [1.54, 1.807) is 0 Å². The molecular weight excluding hydrogens is 465 g/mol. The average Bonchev–Trinajstić information content (AvgIpc) is 2.92. The van der Waals surface area contributed by atoms with Gasteiger partial charge in [0.1, 0.15) is 4.83 Å². The van der Waals surface area contributed by atoms with Crippen LogP contribution in [0.3, 0.4) is 0 Å². The number of halogens is 3. The highest BCUT2D eigenvalue weighted by Gasteiger charge is 2.17. The van der Waals surface area contributed by atoms with Crippen LogP contribution in [-0.2, 0) is 11.2 Å². The third-order valence-electron chi connectivity index (χ3n) is 3.95. The van der Waals surface area contributed by atoms with Crippen LogP contribution in [0.4, 0.5) is 0 Å². The van der Waals surface area contributed by atoms with Crippen LogP contribution in [0.2, 0.25) is 15.1 Å². The maximum absolute atomic E-state index is 12.9. The van der Waals surface area contributed by atoms with Crippen LogP contribution in [0.1, 0.15) is 17.4 Å². The molecule has 11 heteroatoms. The van der Waals surface area contributed by atoms with Crippen LogP contribution in [0.5, 0.6) is 5.75 Å². The molecule has 0 aliphatic heterocycles. The minimum atomic E-state index is -0.604. The van der Waals surface area contributed by atoms with Crippen molar-refractivity contribution in [2.75, 3.05) is 12.0 Å². The maximum atomic E-state index is 12.9. The number of aromatic nitrogens is 2. The Balaban J connectivity index is 1.86. The smallest absolute Gasteiger partial charge is 0.282 e. The van der Waals surface area contributed by atoms with E-state index in [0.29, 0.717) is 21.7 Å². The third-order valence-corrected chi connectivity index (χ3v) is 6.08. The second-order valence-corrected chi connectivity index (χ2v) is 8.65. The Morgan fingerprint density at radius 3 is 2.57 bits per heavy atom. The Morgan fingerprint density at radius 2 is 1.96 bits per heavy atom. The number of fused-ring (bicyclic) bond motifs is 1. The van der Waals surface area contributed by atoms with Crippen LogP contribution in [0, 0.1) is 11.7 Å². The number of aromatic amines is 1. The van der Waals surface area contributed by atoms with Gasteiger partial charge in [-0.15, -0.1) is 11.3 Å². The number of hydrogen-bond acceptors (Lipinski definition) is 5. The number of amides is 1. The van der Waals surface area contributed by atoms with Gasteiger partial charge in [0.15, 0.2) is 12.4 Å². The zero-order chi connectivity index (χ0) is 20.6. The van der Waals surface area contributed by atoms with Gasteiger partial charge in [-0.3, -0.25) is 15.0 Å². The van der Waals surface area contributed by atoms with Crippen molar-refractivity contribution in [3.63, 3.8) is 0 Å². The standard InChI is InChI=1S/C17H14Cl3N3O3S2/c1-3-9-7(2)28-15-13(9)16(25)23(17(27)21-15)22-12(24)6-26-14-10(19)4-8(18)5-11(14)20/h4-5H,3,6H2,1-2H3,(H,21,27)(H,22,24). The van der Waals surface area contributed by atoms with Crippen molar-refractivity contribution < 1.29 is 9.53 Å². The van der Waals surface area contributed by atoms with Gasteiger partial charge in [-0.2, -0.15) is 4.68 Å². The van der Waals surface area contributed by atoms with Gasteiger partial charge in [-0.05, 0) is 43.3 Å². The molecule has 2 aromatic heterocycles. The molecule has 3 rings (SSSR count). The molecule has 0 fully saturated rings. The van der Waals surface area contributed by atoms with Gasteiger partial charge in [0.2, 0.25) is 4.77 Å². The number of ether oxygens (including phenoxy) is 1. The highest BCUT2D eigenvalue weighted by atomic mass is 35.5. The van der Waals surface area contributed by atoms with Crippen LogP contribution in [0.25, 0.3) is 10.2 Å². The zero-order valence-corrected chi connectivity index (χ0v) is 18.6. The normalized spacial score (nSPS) is 11.0. The molecule has 2 N–H and O–H groups in total. The summed E-state index contributed by atoms with van der Waals surface area (Å²) in [5.41, 5.74) is 2.98. The molecule has 2 heterocycles. The molecule has 3 aromatic rings. The first-order valence-electron chi connectivity index (χ1n) is 8.07. The summed E-state index contributed by atoms with van der Waals surface area (Å²) in [6.07, 6.45) is 0.691. The summed E-state index contributed by atoms with van der Waals surface area (Å²) in [7, 11) is 0. The van der Waals surface area contributed by atoms with Crippen molar-refractivity contribution in [1.82, 2.24) is 9.66 Å². The number of aryl methyl sites for hydroxylation is 2. The lowest BCUT2D eigenvalue weighted by atomic mass is 10.1. The maximum Gasteiger partial charge on any atom is 0.282 e. The van der Waals surface area contributed by atoms with Crippen LogP contribution in [0.15, 0.2) is 16.9 Å². The van der Waals surface area contributed by atoms with Gasteiger partial charge >= 0.3 is 0 Å². The van der Waals surface area contributed by atoms with Crippen molar-refractivity contribution >= 4 is 74.5 Å². The first-order valence-corrected chi connectivity index (χ1v) is 10.4. The molecular formula is C17H14Cl3N3O3S2. The molecule has 1 aromatic carbocycles. The first kappa shape index (κ1) is 21.1. The molecule has 28 heavy (non-hydrogen) atoms. The van der Waals surface area contributed by atoms with E-state index in [2.05, 4.69) is 10.4 Å². The molecule has 0 saturated carbocycles. The quantitative estimate of drug-likeness (QED) is 0.500. The monoisotopic (exact) mass is 477 g/mol. The second-order valence-electron chi connectivity index (χ2n) is 5.79. The van der Waals surface area contributed by atoms with Crippen molar-refractivity contribution in [2.45, 2.75) is 20.3 Å².